The molecule has 0 aromatic carbocycles. The monoisotopic (exact) mass is 248 g/mol. The molecule has 1 fully saturated rings. The van der Waals surface area contributed by atoms with E-state index in [0.717, 1.165) is 12.8 Å². The molecule has 0 spiro atoms. The highest BCUT2D eigenvalue weighted by molar-refractivity contribution is 14.2. The summed E-state index contributed by atoms with van der Waals surface area (Å²) < 4.78 is 4.54. The Kier molecular flexibility index (Phi) is 1.74. The molecule has 1 nitrogen and oxygen atoms in total. The average molecular weight is 248 g/mol. The lowest BCUT2D eigenvalue weighted by Gasteiger charge is -2.05. The second kappa shape index (κ2) is 2.58. The van der Waals surface area contributed by atoms with Crippen molar-refractivity contribution in [2.75, 3.05) is 0 Å². The van der Waals surface area contributed by atoms with Crippen molar-refractivity contribution in [3.63, 3.8) is 0 Å². The molecule has 0 radical (unpaired) electrons. The van der Waals surface area contributed by atoms with Gasteiger partial charge in [0, 0.05) is 0 Å². The topological polar surface area (TPSA) is 20.2 Å². The van der Waals surface area contributed by atoms with Gasteiger partial charge in [0.2, 0.25) is 0 Å². The highest BCUT2D eigenvalue weighted by Crippen LogP contribution is 2.34. The predicted octanol–water partition coefficient (Wildman–Crippen LogP) is 1.74. The zero-order valence-corrected chi connectivity index (χ0v) is 7.71. The lowest BCUT2D eigenvalue weighted by molar-refractivity contribution is 0.218. The first-order chi connectivity index (χ1) is 4.88. The molecule has 10 heavy (non-hydrogen) atoms. The Labute approximate surface area is 70.2 Å². The molecule has 0 aromatic rings. The second-order valence-electron chi connectivity index (χ2n) is 2.56. The summed E-state index contributed by atoms with van der Waals surface area (Å²) in [7, 11) is 0. The molecule has 2 aliphatic rings. The summed E-state index contributed by atoms with van der Waals surface area (Å²) in [6, 6.07) is 0. The molecule has 1 unspecified atom stereocenters. The molecule has 2 rings (SSSR count). The Bertz CT molecular complexity index is 238. The van der Waals surface area contributed by atoms with Crippen LogP contribution in [0.2, 0.25) is 0 Å². The van der Waals surface area contributed by atoms with Gasteiger partial charge in [-0.3, -0.25) is 0 Å². The number of aliphatic hydroxyl groups is 1. The summed E-state index contributed by atoms with van der Waals surface area (Å²) >= 11 is 0.187. The number of hydrogen-bond acceptors (Lipinski definition) is 1. The number of rotatable bonds is 0. The molecule has 1 aliphatic heterocycles. The van der Waals surface area contributed by atoms with E-state index in [1.54, 1.807) is 0 Å². The third kappa shape index (κ3) is 0.992. The number of hydrogen-bond donors (Lipinski definition) is 1. The van der Waals surface area contributed by atoms with Crippen molar-refractivity contribution in [1.82, 2.24) is 0 Å². The van der Waals surface area contributed by atoms with Crippen LogP contribution in [-0.2, 0) is 0 Å². The maximum absolute atomic E-state index is 9.41. The van der Waals surface area contributed by atoms with E-state index in [0.29, 0.717) is 0 Å². The van der Waals surface area contributed by atoms with Crippen LogP contribution in [-0.4, -0.2) is 15.2 Å². The average Bonchev–Trinajstić information content (AvgIpc) is 2.34. The molecular weight excluding hydrogens is 239 g/mol. The third-order valence-corrected chi connectivity index (χ3v) is 3.81. The zero-order valence-electron chi connectivity index (χ0n) is 5.55. The van der Waals surface area contributed by atoms with E-state index in [1.165, 1.54) is 11.1 Å². The van der Waals surface area contributed by atoms with E-state index in [-0.39, 0.29) is 26.8 Å². The van der Waals surface area contributed by atoms with Gasteiger partial charge < -0.3 is 5.11 Å². The SMILES string of the molecule is OC1CCC2=CI=CC=C21. The maximum atomic E-state index is 9.41. The van der Waals surface area contributed by atoms with E-state index in [2.05, 4.69) is 14.2 Å². The fourth-order valence-electron chi connectivity index (χ4n) is 1.36. The van der Waals surface area contributed by atoms with E-state index < -0.39 is 0 Å². The lowest BCUT2D eigenvalue weighted by Crippen LogP contribution is -2.02. The number of fused-ring (bicyclic) bond motifs is 1. The van der Waals surface area contributed by atoms with E-state index >= 15 is 0 Å². The fraction of sp³-hybridized carbons (Fsp3) is 0.375. The van der Waals surface area contributed by atoms with Gasteiger partial charge in [0.25, 0.3) is 0 Å². The molecule has 0 amide bonds. The number of aliphatic hydroxyl groups excluding tert-OH is 1. The Balaban J connectivity index is 2.41. The van der Waals surface area contributed by atoms with Gasteiger partial charge in [-0.25, -0.2) is 0 Å². The first-order valence-electron chi connectivity index (χ1n) is 3.41. The highest BCUT2D eigenvalue weighted by Gasteiger charge is 2.22. The first-order valence-corrected chi connectivity index (χ1v) is 5.90. The summed E-state index contributed by atoms with van der Waals surface area (Å²) in [6.45, 7) is 0. The minimum Gasteiger partial charge on any atom is -0.388 e. The molecular formula is C8H9IO. The summed E-state index contributed by atoms with van der Waals surface area (Å²) in [5.41, 5.74) is 2.61. The normalized spacial score (nSPS) is 30.3. The summed E-state index contributed by atoms with van der Waals surface area (Å²) in [4.78, 5) is 0. The fourth-order valence-corrected chi connectivity index (χ4v) is 3.27. The van der Waals surface area contributed by atoms with Crippen molar-refractivity contribution < 1.29 is 5.11 Å². The lowest BCUT2D eigenvalue weighted by atomic mass is 10.1. The largest absolute Gasteiger partial charge is 0.388 e. The molecule has 1 heterocycles. The van der Waals surface area contributed by atoms with Gasteiger partial charge in [0.05, 0.1) is 6.10 Å². The molecule has 1 saturated carbocycles. The van der Waals surface area contributed by atoms with Crippen molar-refractivity contribution in [1.29, 1.82) is 0 Å². The van der Waals surface area contributed by atoms with Crippen molar-refractivity contribution in [3.8, 4) is 0 Å². The number of allylic oxidation sites excluding steroid dienone is 1. The molecule has 54 valence electrons. The molecule has 2 heteroatoms. The van der Waals surface area contributed by atoms with Crippen molar-refractivity contribution in [2.45, 2.75) is 18.9 Å². The minimum absolute atomic E-state index is 0.160. The van der Waals surface area contributed by atoms with Crippen LogP contribution in [0.3, 0.4) is 0 Å². The summed E-state index contributed by atoms with van der Waals surface area (Å²) in [5, 5.41) is 9.41. The van der Waals surface area contributed by atoms with Crippen LogP contribution in [0, 0.1) is 0 Å². The van der Waals surface area contributed by atoms with Gasteiger partial charge in [0.15, 0.2) is 0 Å². The van der Waals surface area contributed by atoms with Gasteiger partial charge in [0.1, 0.15) is 0 Å². The minimum atomic E-state index is -0.160. The summed E-state index contributed by atoms with van der Waals surface area (Å²) in [6.07, 6.45) is 3.99. The van der Waals surface area contributed by atoms with Gasteiger partial charge in [-0.1, -0.05) is 26.8 Å². The van der Waals surface area contributed by atoms with Crippen LogP contribution in [0.4, 0.5) is 0 Å². The second-order valence-corrected chi connectivity index (χ2v) is 4.62. The molecule has 0 aromatic heterocycles. The Morgan fingerprint density at radius 3 is 3.30 bits per heavy atom. The quantitative estimate of drug-likeness (QED) is 0.647. The van der Waals surface area contributed by atoms with Gasteiger partial charge >= 0.3 is 0 Å². The van der Waals surface area contributed by atoms with Crippen molar-refractivity contribution >= 4 is 24.7 Å². The van der Waals surface area contributed by atoms with Crippen molar-refractivity contribution in [3.05, 3.63) is 21.3 Å². The van der Waals surface area contributed by atoms with Crippen molar-refractivity contribution in [2.24, 2.45) is 0 Å². The zero-order chi connectivity index (χ0) is 6.97. The molecule has 0 saturated heterocycles. The predicted molar refractivity (Wildman–Crippen MR) is 51.5 cm³/mol. The Morgan fingerprint density at radius 1 is 1.60 bits per heavy atom. The van der Waals surface area contributed by atoms with Crippen LogP contribution in [0.1, 0.15) is 12.8 Å². The maximum Gasteiger partial charge on any atom is 0.0796 e. The molecule has 1 aliphatic carbocycles. The van der Waals surface area contributed by atoms with Gasteiger partial charge in [-0.15, -0.1) is 0 Å². The van der Waals surface area contributed by atoms with Crippen LogP contribution in [0.25, 0.3) is 0 Å². The third-order valence-electron chi connectivity index (χ3n) is 1.93. The number of halogens is 1. The van der Waals surface area contributed by atoms with Crippen LogP contribution in [0.15, 0.2) is 21.3 Å². The standard InChI is InChI=1S/C8H9IO/c10-8-2-1-6-5-9-4-3-7(6)8/h3-5,8,10H,1-2H2. The highest BCUT2D eigenvalue weighted by atomic mass is 127. The summed E-state index contributed by atoms with van der Waals surface area (Å²) in [5.74, 6) is 0. The Hall–Kier alpha value is 0.0400. The Morgan fingerprint density at radius 2 is 2.50 bits per heavy atom. The van der Waals surface area contributed by atoms with Gasteiger partial charge in [-0.2, -0.15) is 0 Å². The smallest absolute Gasteiger partial charge is 0.0796 e. The molecule has 1 atom stereocenters. The van der Waals surface area contributed by atoms with E-state index in [9.17, 15) is 5.11 Å². The van der Waals surface area contributed by atoms with Gasteiger partial charge in [-0.05, 0) is 32.1 Å². The van der Waals surface area contributed by atoms with Crippen LogP contribution < -0.4 is 0 Å². The van der Waals surface area contributed by atoms with E-state index in [1.807, 2.05) is 0 Å². The van der Waals surface area contributed by atoms with Crippen LogP contribution in [0.5, 0.6) is 0 Å². The first kappa shape index (κ1) is 6.73. The van der Waals surface area contributed by atoms with Crippen LogP contribution >= 0.6 is 20.7 Å². The molecule has 0 bridgehead atoms. The van der Waals surface area contributed by atoms with E-state index in [4.69, 9.17) is 0 Å². The molecule has 1 N–H and O–H groups in total.